The first kappa shape index (κ1) is 12.2. The smallest absolute Gasteiger partial charge is 0.257 e. The number of likely N-dealkylation sites (tertiary alicyclic amines) is 1. The highest BCUT2D eigenvalue weighted by Gasteiger charge is 2.31. The molecule has 1 aromatic rings. The van der Waals surface area contributed by atoms with E-state index in [0.717, 1.165) is 0 Å². The van der Waals surface area contributed by atoms with Crippen molar-refractivity contribution in [2.75, 3.05) is 18.8 Å². The summed E-state index contributed by atoms with van der Waals surface area (Å²) in [5.41, 5.74) is 11.1. The Kier molecular flexibility index (Phi) is 3.10. The largest absolute Gasteiger partial charge is 0.505 e. The molecule has 2 rings (SSSR count). The lowest BCUT2D eigenvalue weighted by molar-refractivity contribution is -0.121. The molecular weight excluding hydrogens is 234 g/mol. The minimum Gasteiger partial charge on any atom is -0.505 e. The molecule has 0 radical (unpaired) electrons. The molecule has 1 aliphatic rings. The number of phenols is 1. The van der Waals surface area contributed by atoms with Crippen LogP contribution in [0.25, 0.3) is 0 Å². The maximum absolute atomic E-state index is 12.1. The third kappa shape index (κ3) is 2.09. The van der Waals surface area contributed by atoms with Gasteiger partial charge in [0, 0.05) is 13.1 Å². The Morgan fingerprint density at radius 1 is 1.39 bits per heavy atom. The monoisotopic (exact) mass is 249 g/mol. The molecule has 1 saturated heterocycles. The minimum atomic E-state index is -0.401. The highest BCUT2D eigenvalue weighted by Crippen LogP contribution is 2.27. The summed E-state index contributed by atoms with van der Waals surface area (Å²) in [5.74, 6) is -1.26. The van der Waals surface area contributed by atoms with Gasteiger partial charge in [0.05, 0.1) is 17.2 Å². The molecule has 6 nitrogen and oxygen atoms in total. The van der Waals surface area contributed by atoms with Gasteiger partial charge in [-0.2, -0.15) is 0 Å². The van der Waals surface area contributed by atoms with E-state index in [2.05, 4.69) is 0 Å². The number of phenolic OH excluding ortho intramolecular Hbond substituents is 1. The van der Waals surface area contributed by atoms with Crippen molar-refractivity contribution in [3.05, 3.63) is 23.8 Å². The van der Waals surface area contributed by atoms with Gasteiger partial charge in [-0.25, -0.2) is 0 Å². The number of aromatic hydroxyl groups is 1. The number of primary amides is 1. The van der Waals surface area contributed by atoms with Crippen LogP contribution in [-0.2, 0) is 4.79 Å². The van der Waals surface area contributed by atoms with Gasteiger partial charge in [-0.1, -0.05) is 6.07 Å². The SMILES string of the molecule is NC(=O)C1CCN(C(=O)c2cccc(N)c2O)C1. The van der Waals surface area contributed by atoms with E-state index in [9.17, 15) is 14.7 Å². The van der Waals surface area contributed by atoms with Crippen molar-refractivity contribution in [2.45, 2.75) is 6.42 Å². The Bertz CT molecular complexity index is 501. The van der Waals surface area contributed by atoms with Crippen molar-refractivity contribution >= 4 is 17.5 Å². The Balaban J connectivity index is 2.18. The fraction of sp³-hybridized carbons (Fsp3) is 0.333. The highest BCUT2D eigenvalue weighted by molar-refractivity contribution is 5.99. The second-order valence-electron chi connectivity index (χ2n) is 4.38. The van der Waals surface area contributed by atoms with Gasteiger partial charge in [-0.05, 0) is 18.6 Å². The summed E-state index contributed by atoms with van der Waals surface area (Å²) < 4.78 is 0. The van der Waals surface area contributed by atoms with E-state index >= 15 is 0 Å². The van der Waals surface area contributed by atoms with Gasteiger partial charge in [-0.15, -0.1) is 0 Å². The van der Waals surface area contributed by atoms with Gasteiger partial charge in [0.2, 0.25) is 5.91 Å². The number of para-hydroxylation sites is 1. The van der Waals surface area contributed by atoms with Crippen LogP contribution in [0, 0.1) is 5.92 Å². The molecule has 1 heterocycles. The van der Waals surface area contributed by atoms with Crippen LogP contribution in [0.15, 0.2) is 18.2 Å². The molecule has 0 bridgehead atoms. The number of nitrogen functional groups attached to an aromatic ring is 1. The summed E-state index contributed by atoms with van der Waals surface area (Å²) in [7, 11) is 0. The summed E-state index contributed by atoms with van der Waals surface area (Å²) in [4.78, 5) is 24.7. The molecule has 1 atom stereocenters. The second kappa shape index (κ2) is 4.56. The van der Waals surface area contributed by atoms with Crippen LogP contribution in [0.3, 0.4) is 0 Å². The average Bonchev–Trinajstić information content (AvgIpc) is 2.81. The van der Waals surface area contributed by atoms with E-state index in [4.69, 9.17) is 11.5 Å². The first-order chi connectivity index (χ1) is 8.50. The van der Waals surface area contributed by atoms with Crippen molar-refractivity contribution < 1.29 is 14.7 Å². The predicted molar refractivity (Wildman–Crippen MR) is 65.7 cm³/mol. The molecule has 6 heteroatoms. The fourth-order valence-corrected chi connectivity index (χ4v) is 2.08. The van der Waals surface area contributed by atoms with E-state index in [0.29, 0.717) is 19.5 Å². The van der Waals surface area contributed by atoms with Gasteiger partial charge < -0.3 is 21.5 Å². The quantitative estimate of drug-likeness (QED) is 0.503. The van der Waals surface area contributed by atoms with Crippen LogP contribution in [-0.4, -0.2) is 34.9 Å². The van der Waals surface area contributed by atoms with Crippen molar-refractivity contribution in [3.8, 4) is 5.75 Å². The minimum absolute atomic E-state index is 0.153. The molecule has 1 aromatic carbocycles. The Morgan fingerprint density at radius 3 is 2.72 bits per heavy atom. The first-order valence-corrected chi connectivity index (χ1v) is 5.66. The lowest BCUT2D eigenvalue weighted by Gasteiger charge is -2.17. The number of nitrogens with two attached hydrogens (primary N) is 2. The Labute approximate surface area is 104 Å². The summed E-state index contributed by atoms with van der Waals surface area (Å²) in [6.45, 7) is 0.753. The van der Waals surface area contributed by atoms with E-state index in [1.807, 2.05) is 0 Å². The van der Waals surface area contributed by atoms with Crippen LogP contribution >= 0.6 is 0 Å². The van der Waals surface area contributed by atoms with E-state index in [1.165, 1.54) is 17.0 Å². The average molecular weight is 249 g/mol. The Hall–Kier alpha value is -2.24. The highest BCUT2D eigenvalue weighted by atomic mass is 16.3. The normalized spacial score (nSPS) is 18.9. The topological polar surface area (TPSA) is 110 Å². The molecule has 18 heavy (non-hydrogen) atoms. The molecule has 1 unspecified atom stereocenters. The number of hydrogen-bond donors (Lipinski definition) is 3. The van der Waals surface area contributed by atoms with Crippen molar-refractivity contribution in [2.24, 2.45) is 11.7 Å². The van der Waals surface area contributed by atoms with Crippen LogP contribution in [0.2, 0.25) is 0 Å². The fourth-order valence-electron chi connectivity index (χ4n) is 2.08. The lowest BCUT2D eigenvalue weighted by atomic mass is 10.1. The molecular formula is C12H15N3O3. The number of hydrogen-bond acceptors (Lipinski definition) is 4. The molecule has 96 valence electrons. The number of benzene rings is 1. The van der Waals surface area contributed by atoms with Gasteiger partial charge in [0.25, 0.3) is 5.91 Å². The summed E-state index contributed by atoms with van der Waals surface area (Å²) in [6, 6.07) is 4.62. The lowest BCUT2D eigenvalue weighted by Crippen LogP contribution is -2.31. The number of amides is 2. The molecule has 0 spiro atoms. The first-order valence-electron chi connectivity index (χ1n) is 5.66. The summed E-state index contributed by atoms with van der Waals surface area (Å²) in [6.07, 6.45) is 0.560. The third-order valence-electron chi connectivity index (χ3n) is 3.18. The molecule has 0 aliphatic carbocycles. The molecule has 1 aliphatic heterocycles. The van der Waals surface area contributed by atoms with E-state index < -0.39 is 5.91 Å². The van der Waals surface area contributed by atoms with Crippen LogP contribution < -0.4 is 11.5 Å². The van der Waals surface area contributed by atoms with Crippen molar-refractivity contribution in [1.29, 1.82) is 0 Å². The van der Waals surface area contributed by atoms with Crippen LogP contribution in [0.4, 0.5) is 5.69 Å². The molecule has 0 aromatic heterocycles. The van der Waals surface area contributed by atoms with Crippen LogP contribution in [0.1, 0.15) is 16.8 Å². The number of carbonyl (C=O) groups excluding carboxylic acids is 2. The van der Waals surface area contributed by atoms with Gasteiger partial charge >= 0.3 is 0 Å². The van der Waals surface area contributed by atoms with Crippen molar-refractivity contribution in [1.82, 2.24) is 4.90 Å². The molecule has 1 fully saturated rings. The van der Waals surface area contributed by atoms with E-state index in [1.54, 1.807) is 6.07 Å². The second-order valence-corrected chi connectivity index (χ2v) is 4.38. The molecule has 2 amide bonds. The predicted octanol–water partition coefficient (Wildman–Crippen LogP) is -0.0782. The van der Waals surface area contributed by atoms with Gasteiger partial charge in [-0.3, -0.25) is 9.59 Å². The zero-order chi connectivity index (χ0) is 13.3. The zero-order valence-electron chi connectivity index (χ0n) is 9.80. The standard InChI is InChI=1S/C12H15N3O3/c13-9-3-1-2-8(10(9)16)12(18)15-5-4-7(6-15)11(14)17/h1-3,7,16H,4-6,13H2,(H2,14,17). The number of nitrogens with zero attached hydrogens (tertiary/aromatic N) is 1. The maximum atomic E-state index is 12.1. The van der Waals surface area contributed by atoms with Crippen molar-refractivity contribution in [3.63, 3.8) is 0 Å². The molecule has 5 N–H and O–H groups in total. The van der Waals surface area contributed by atoms with E-state index in [-0.39, 0.29) is 28.8 Å². The number of rotatable bonds is 2. The zero-order valence-corrected chi connectivity index (χ0v) is 9.80. The van der Waals surface area contributed by atoms with Crippen LogP contribution in [0.5, 0.6) is 5.75 Å². The number of carbonyl (C=O) groups is 2. The number of anilines is 1. The summed E-state index contributed by atoms with van der Waals surface area (Å²) >= 11 is 0. The maximum Gasteiger partial charge on any atom is 0.257 e. The van der Waals surface area contributed by atoms with Gasteiger partial charge in [0.1, 0.15) is 0 Å². The summed E-state index contributed by atoms with van der Waals surface area (Å²) in [5, 5.41) is 9.74. The Morgan fingerprint density at radius 2 is 2.11 bits per heavy atom. The third-order valence-corrected chi connectivity index (χ3v) is 3.18. The molecule has 0 saturated carbocycles. The van der Waals surface area contributed by atoms with Gasteiger partial charge in [0.15, 0.2) is 5.75 Å².